The monoisotopic (exact) mass is 389 g/mol. The molecule has 2 aliphatic heterocycles. The molecule has 0 spiro atoms. The van der Waals surface area contributed by atoms with Crippen molar-refractivity contribution in [3.63, 3.8) is 0 Å². The average Bonchev–Trinajstić information content (AvgIpc) is 3.44. The zero-order valence-electron chi connectivity index (χ0n) is 16.3. The van der Waals surface area contributed by atoms with Gasteiger partial charge in [0.1, 0.15) is 5.82 Å². The number of hydrogen-bond donors (Lipinski definition) is 1. The van der Waals surface area contributed by atoms with Crippen LogP contribution in [0, 0.1) is 18.7 Å². The molecule has 1 aliphatic carbocycles. The van der Waals surface area contributed by atoms with Crippen molar-refractivity contribution in [3.05, 3.63) is 29.6 Å². The molecular formula is C21H28FN3O3. The van der Waals surface area contributed by atoms with Gasteiger partial charge in [-0.2, -0.15) is 0 Å². The normalized spacial score (nSPS) is 22.9. The molecule has 4 rings (SSSR count). The van der Waals surface area contributed by atoms with Crippen LogP contribution in [0.2, 0.25) is 0 Å². The van der Waals surface area contributed by atoms with Crippen molar-refractivity contribution >= 4 is 17.6 Å². The molecule has 1 saturated carbocycles. The number of hydrogen-bond acceptors (Lipinski definition) is 3. The fourth-order valence-electron chi connectivity index (χ4n) is 4.27. The Morgan fingerprint density at radius 1 is 1.14 bits per heavy atom. The lowest BCUT2D eigenvalue weighted by molar-refractivity contribution is -0.131. The Labute approximate surface area is 165 Å². The first-order valence-corrected chi connectivity index (χ1v) is 10.3. The Morgan fingerprint density at radius 2 is 1.89 bits per heavy atom. The lowest BCUT2D eigenvalue weighted by Gasteiger charge is -2.38. The first-order chi connectivity index (χ1) is 13.5. The van der Waals surface area contributed by atoms with Crippen molar-refractivity contribution in [2.75, 3.05) is 31.6 Å². The van der Waals surface area contributed by atoms with E-state index in [0.717, 1.165) is 32.1 Å². The summed E-state index contributed by atoms with van der Waals surface area (Å²) in [5.41, 5.74) is 0.922. The highest BCUT2D eigenvalue weighted by Crippen LogP contribution is 2.33. The number of carbonyl (C=O) groups excluding carboxylic acids is 2. The number of likely N-dealkylation sites (tertiary alicyclic amines) is 1. The molecule has 3 amide bonds. The van der Waals surface area contributed by atoms with Gasteiger partial charge in [0.15, 0.2) is 0 Å². The van der Waals surface area contributed by atoms with Gasteiger partial charge in [-0.05, 0) is 51.2 Å². The van der Waals surface area contributed by atoms with E-state index in [9.17, 15) is 14.0 Å². The minimum absolute atomic E-state index is 0.0142. The summed E-state index contributed by atoms with van der Waals surface area (Å²) >= 11 is 0. The summed E-state index contributed by atoms with van der Waals surface area (Å²) in [4.78, 5) is 29.5. The Morgan fingerprint density at radius 3 is 2.61 bits per heavy atom. The fraction of sp³-hybridized carbons (Fsp3) is 0.619. The quantitative estimate of drug-likeness (QED) is 0.861. The predicted octanol–water partition coefficient (Wildman–Crippen LogP) is 3.16. The molecule has 3 aliphatic rings. The SMILES string of the molecule is Cc1c(F)cccc1NC(=O)N(C1CCOCC1)C1CCN(C(=O)C2CC2)C1. The molecule has 1 aromatic rings. The van der Waals surface area contributed by atoms with E-state index in [1.807, 2.05) is 9.80 Å². The van der Waals surface area contributed by atoms with Crippen LogP contribution in [0.4, 0.5) is 14.9 Å². The molecule has 0 aromatic heterocycles. The van der Waals surface area contributed by atoms with Crippen molar-refractivity contribution in [2.24, 2.45) is 5.92 Å². The van der Waals surface area contributed by atoms with E-state index >= 15 is 0 Å². The van der Waals surface area contributed by atoms with E-state index in [0.29, 0.717) is 37.6 Å². The van der Waals surface area contributed by atoms with Crippen molar-refractivity contribution in [1.29, 1.82) is 0 Å². The summed E-state index contributed by atoms with van der Waals surface area (Å²) < 4.78 is 19.4. The molecule has 3 fully saturated rings. The molecular weight excluding hydrogens is 361 g/mol. The number of halogens is 1. The van der Waals surface area contributed by atoms with Crippen LogP contribution >= 0.6 is 0 Å². The zero-order valence-corrected chi connectivity index (χ0v) is 16.3. The van der Waals surface area contributed by atoms with Gasteiger partial charge in [0, 0.05) is 49.5 Å². The topological polar surface area (TPSA) is 61.9 Å². The number of rotatable bonds is 4. The number of anilines is 1. The maximum atomic E-state index is 13.9. The van der Waals surface area contributed by atoms with Gasteiger partial charge in [0.25, 0.3) is 0 Å². The van der Waals surface area contributed by atoms with Gasteiger partial charge < -0.3 is 19.9 Å². The number of nitrogens with zero attached hydrogens (tertiary/aromatic N) is 2. The van der Waals surface area contributed by atoms with E-state index < -0.39 is 0 Å². The second kappa shape index (κ2) is 8.07. The summed E-state index contributed by atoms with van der Waals surface area (Å²) in [5, 5.41) is 2.91. The maximum Gasteiger partial charge on any atom is 0.322 e. The Balaban J connectivity index is 1.50. The van der Waals surface area contributed by atoms with Crippen molar-refractivity contribution in [2.45, 2.75) is 51.1 Å². The predicted molar refractivity (Wildman–Crippen MR) is 104 cm³/mol. The first kappa shape index (κ1) is 19.2. The third-order valence-corrected chi connectivity index (χ3v) is 6.12. The van der Waals surface area contributed by atoms with Gasteiger partial charge in [-0.15, -0.1) is 0 Å². The summed E-state index contributed by atoms with van der Waals surface area (Å²) in [5.74, 6) is 0.0901. The van der Waals surface area contributed by atoms with Crippen LogP contribution in [-0.2, 0) is 9.53 Å². The van der Waals surface area contributed by atoms with Crippen molar-refractivity contribution < 1.29 is 18.7 Å². The minimum Gasteiger partial charge on any atom is -0.381 e. The number of ether oxygens (including phenoxy) is 1. The smallest absolute Gasteiger partial charge is 0.322 e. The van der Waals surface area contributed by atoms with Crippen LogP contribution in [0.25, 0.3) is 0 Å². The first-order valence-electron chi connectivity index (χ1n) is 10.3. The largest absolute Gasteiger partial charge is 0.381 e. The number of nitrogens with one attached hydrogen (secondary N) is 1. The van der Waals surface area contributed by atoms with E-state index in [4.69, 9.17) is 4.74 Å². The summed E-state index contributed by atoms with van der Waals surface area (Å²) in [6, 6.07) is 4.55. The van der Waals surface area contributed by atoms with Crippen molar-refractivity contribution in [3.8, 4) is 0 Å². The highest BCUT2D eigenvalue weighted by molar-refractivity contribution is 5.91. The third kappa shape index (κ3) is 3.99. The molecule has 7 heteroatoms. The maximum absolute atomic E-state index is 13.9. The molecule has 6 nitrogen and oxygen atoms in total. The molecule has 1 unspecified atom stereocenters. The molecule has 152 valence electrons. The molecule has 2 heterocycles. The fourth-order valence-corrected chi connectivity index (χ4v) is 4.27. The van der Waals surface area contributed by atoms with Gasteiger partial charge in [-0.3, -0.25) is 4.79 Å². The van der Waals surface area contributed by atoms with Crippen LogP contribution < -0.4 is 5.32 Å². The highest BCUT2D eigenvalue weighted by Gasteiger charge is 2.41. The summed E-state index contributed by atoms with van der Waals surface area (Å²) in [6.07, 6.45) is 4.32. The average molecular weight is 389 g/mol. The van der Waals surface area contributed by atoms with Gasteiger partial charge in [0.05, 0.1) is 6.04 Å². The van der Waals surface area contributed by atoms with Gasteiger partial charge in [-0.1, -0.05) is 6.07 Å². The van der Waals surface area contributed by atoms with Gasteiger partial charge in [-0.25, -0.2) is 9.18 Å². The second-order valence-electron chi connectivity index (χ2n) is 8.09. The van der Waals surface area contributed by atoms with Gasteiger partial charge in [0.2, 0.25) is 5.91 Å². The molecule has 0 bridgehead atoms. The minimum atomic E-state index is -0.336. The third-order valence-electron chi connectivity index (χ3n) is 6.12. The Kier molecular flexibility index (Phi) is 5.53. The summed E-state index contributed by atoms with van der Waals surface area (Å²) in [6.45, 7) is 4.21. The molecule has 0 radical (unpaired) electrons. The van der Waals surface area contributed by atoms with E-state index in [1.165, 1.54) is 6.07 Å². The standard InChI is InChI=1S/C21H28FN3O3/c1-14-18(22)3-2-4-19(14)23-21(27)25(16-8-11-28-12-9-16)17-7-10-24(13-17)20(26)15-5-6-15/h2-4,15-17H,5-13H2,1H3,(H,23,27). The molecule has 2 saturated heterocycles. The number of benzene rings is 1. The van der Waals surface area contributed by atoms with Crippen LogP contribution in [0.5, 0.6) is 0 Å². The molecule has 1 N–H and O–H groups in total. The molecule has 28 heavy (non-hydrogen) atoms. The van der Waals surface area contributed by atoms with E-state index in [1.54, 1.807) is 19.1 Å². The zero-order chi connectivity index (χ0) is 19.7. The van der Waals surface area contributed by atoms with E-state index in [2.05, 4.69) is 5.32 Å². The molecule has 1 aromatic carbocycles. The van der Waals surface area contributed by atoms with Gasteiger partial charge >= 0.3 is 6.03 Å². The number of carbonyl (C=O) groups is 2. The second-order valence-corrected chi connectivity index (χ2v) is 8.09. The Bertz CT molecular complexity index is 746. The lowest BCUT2D eigenvalue weighted by atomic mass is 10.0. The summed E-state index contributed by atoms with van der Waals surface area (Å²) in [7, 11) is 0. The lowest BCUT2D eigenvalue weighted by Crippen LogP contribution is -2.52. The van der Waals surface area contributed by atoms with Crippen LogP contribution in [0.3, 0.4) is 0 Å². The number of amides is 3. The van der Waals surface area contributed by atoms with E-state index in [-0.39, 0.29) is 35.8 Å². The Hall–Kier alpha value is -2.15. The van der Waals surface area contributed by atoms with Crippen LogP contribution in [0.15, 0.2) is 18.2 Å². The van der Waals surface area contributed by atoms with Crippen molar-refractivity contribution in [1.82, 2.24) is 9.80 Å². The molecule has 1 atom stereocenters. The van der Waals surface area contributed by atoms with Crippen LogP contribution in [-0.4, -0.2) is 60.1 Å². The van der Waals surface area contributed by atoms with Crippen LogP contribution in [0.1, 0.15) is 37.7 Å². The highest BCUT2D eigenvalue weighted by atomic mass is 19.1. The number of urea groups is 1.